The number of fused-ring (bicyclic) bond motifs is 1. The van der Waals surface area contributed by atoms with Gasteiger partial charge in [0.1, 0.15) is 0 Å². The Kier molecular flexibility index (Phi) is 7.95. The van der Waals surface area contributed by atoms with Gasteiger partial charge in [-0.1, -0.05) is 53.5 Å². The van der Waals surface area contributed by atoms with E-state index in [1.54, 1.807) is 0 Å². The molecule has 0 saturated heterocycles. The zero-order valence-corrected chi connectivity index (χ0v) is 21.6. The van der Waals surface area contributed by atoms with Crippen molar-refractivity contribution < 1.29 is 4.79 Å². The number of halogens is 2. The molecule has 2 aliphatic rings. The summed E-state index contributed by atoms with van der Waals surface area (Å²) in [4.78, 5) is 28.6. The second kappa shape index (κ2) is 11.5. The van der Waals surface area contributed by atoms with Crippen molar-refractivity contribution in [2.24, 2.45) is 4.99 Å². The number of nitrogens with one attached hydrogen (secondary N) is 1. The topological polar surface area (TPSA) is 70.5 Å². The standard InChI is InChI=1S/C28H29Cl2N5O/c29-23-15-31-16-24(30)26(23)28(36)34-14-19-8-10-20(11-9-19)17-35(18-22-6-3-12-32-22)25-7-1-4-21-5-2-13-33-27(21)25/h2,5,8-11,13,15-16,25H,1,3-4,6-7,12,14,17-18H2,(H,34,36). The van der Waals surface area contributed by atoms with Crippen molar-refractivity contribution in [2.45, 2.75) is 51.2 Å². The fraction of sp³-hybridized carbons (Fsp3) is 0.357. The van der Waals surface area contributed by atoms with Crippen LogP contribution in [0.4, 0.5) is 0 Å². The summed E-state index contributed by atoms with van der Waals surface area (Å²) in [6.45, 7) is 3.04. The number of pyridine rings is 2. The SMILES string of the molecule is O=C(NCc1ccc(CN(CC2=NCCC2)C2CCCc3cccnc32)cc1)c1c(Cl)cncc1Cl. The van der Waals surface area contributed by atoms with Crippen LogP contribution in [0.2, 0.25) is 10.0 Å². The Hall–Kier alpha value is -2.80. The van der Waals surface area contributed by atoms with Crippen LogP contribution < -0.4 is 5.32 Å². The summed E-state index contributed by atoms with van der Waals surface area (Å²) in [5.41, 5.74) is 6.36. The van der Waals surface area contributed by atoms with E-state index >= 15 is 0 Å². The normalized spacial score (nSPS) is 17.1. The van der Waals surface area contributed by atoms with E-state index in [-0.39, 0.29) is 21.5 Å². The molecule has 3 aromatic rings. The minimum Gasteiger partial charge on any atom is -0.348 e. The van der Waals surface area contributed by atoms with Gasteiger partial charge >= 0.3 is 0 Å². The summed E-state index contributed by atoms with van der Waals surface area (Å²) in [7, 11) is 0. The molecule has 1 N–H and O–H groups in total. The Morgan fingerprint density at radius 3 is 2.53 bits per heavy atom. The third-order valence-electron chi connectivity index (χ3n) is 6.89. The first-order valence-corrected chi connectivity index (χ1v) is 13.2. The lowest BCUT2D eigenvalue weighted by molar-refractivity contribution is 0.0951. The van der Waals surface area contributed by atoms with Crippen LogP contribution in [0.15, 0.2) is 60.0 Å². The van der Waals surface area contributed by atoms with Crippen LogP contribution in [0, 0.1) is 0 Å². The summed E-state index contributed by atoms with van der Waals surface area (Å²) in [6, 6.07) is 13.0. The monoisotopic (exact) mass is 521 g/mol. The van der Waals surface area contributed by atoms with Crippen LogP contribution in [0.25, 0.3) is 0 Å². The highest BCUT2D eigenvalue weighted by Crippen LogP contribution is 2.34. The summed E-state index contributed by atoms with van der Waals surface area (Å²) in [5.74, 6) is -0.316. The quantitative estimate of drug-likeness (QED) is 0.404. The second-order valence-electron chi connectivity index (χ2n) is 9.39. The van der Waals surface area contributed by atoms with E-state index in [0.717, 1.165) is 50.9 Å². The highest BCUT2D eigenvalue weighted by atomic mass is 35.5. The number of nitrogens with zero attached hydrogens (tertiary/aromatic N) is 4. The van der Waals surface area contributed by atoms with Gasteiger partial charge in [-0.15, -0.1) is 0 Å². The Morgan fingerprint density at radius 1 is 1.00 bits per heavy atom. The molecule has 3 heterocycles. The Morgan fingerprint density at radius 2 is 1.78 bits per heavy atom. The fourth-order valence-electron chi connectivity index (χ4n) is 5.08. The van der Waals surface area contributed by atoms with E-state index in [0.29, 0.717) is 12.6 Å². The largest absolute Gasteiger partial charge is 0.348 e. The van der Waals surface area contributed by atoms with Gasteiger partial charge in [0.2, 0.25) is 0 Å². The Labute approximate surface area is 221 Å². The first-order chi connectivity index (χ1) is 17.6. The lowest BCUT2D eigenvalue weighted by atomic mass is 9.90. The highest BCUT2D eigenvalue weighted by molar-refractivity contribution is 6.39. The molecule has 36 heavy (non-hydrogen) atoms. The molecule has 0 saturated carbocycles. The zero-order valence-electron chi connectivity index (χ0n) is 20.1. The molecular weight excluding hydrogens is 493 g/mol. The van der Waals surface area contributed by atoms with Gasteiger partial charge in [0.15, 0.2) is 0 Å². The number of aromatic nitrogens is 2. The van der Waals surface area contributed by atoms with Crippen molar-refractivity contribution in [3.05, 3.63) is 93.0 Å². The molecule has 0 spiro atoms. The van der Waals surface area contributed by atoms with Gasteiger partial charge in [0, 0.05) is 50.5 Å². The molecule has 1 atom stereocenters. The predicted molar refractivity (Wildman–Crippen MR) is 144 cm³/mol. The van der Waals surface area contributed by atoms with Crippen molar-refractivity contribution in [1.29, 1.82) is 0 Å². The number of carbonyl (C=O) groups is 1. The molecule has 8 heteroatoms. The summed E-state index contributed by atoms with van der Waals surface area (Å²) in [6.07, 6.45) is 10.4. The summed E-state index contributed by atoms with van der Waals surface area (Å²) in [5, 5.41) is 3.37. The van der Waals surface area contributed by atoms with E-state index in [4.69, 9.17) is 33.2 Å². The van der Waals surface area contributed by atoms with Crippen LogP contribution >= 0.6 is 23.2 Å². The average Bonchev–Trinajstić information content (AvgIpc) is 3.41. The predicted octanol–water partition coefficient (Wildman–Crippen LogP) is 5.83. The van der Waals surface area contributed by atoms with Crippen molar-refractivity contribution in [2.75, 3.05) is 13.1 Å². The number of rotatable bonds is 8. The fourth-order valence-corrected chi connectivity index (χ4v) is 5.61. The molecule has 5 rings (SSSR count). The number of aryl methyl sites for hydroxylation is 1. The molecule has 186 valence electrons. The van der Waals surface area contributed by atoms with E-state index in [1.807, 2.05) is 12.3 Å². The molecule has 0 fully saturated rings. The third kappa shape index (κ3) is 5.77. The van der Waals surface area contributed by atoms with Crippen molar-refractivity contribution in [3.8, 4) is 0 Å². The van der Waals surface area contributed by atoms with Gasteiger partial charge < -0.3 is 5.32 Å². The van der Waals surface area contributed by atoms with Gasteiger partial charge in [-0.2, -0.15) is 0 Å². The molecule has 2 aromatic heterocycles. The first kappa shape index (κ1) is 24.9. The van der Waals surface area contributed by atoms with Crippen molar-refractivity contribution in [3.63, 3.8) is 0 Å². The van der Waals surface area contributed by atoms with Crippen molar-refractivity contribution >= 4 is 34.8 Å². The van der Waals surface area contributed by atoms with E-state index in [2.05, 4.69) is 45.5 Å². The second-order valence-corrected chi connectivity index (χ2v) is 10.2. The van der Waals surface area contributed by atoms with Crippen molar-refractivity contribution in [1.82, 2.24) is 20.2 Å². The van der Waals surface area contributed by atoms with Gasteiger partial charge in [-0.3, -0.25) is 24.7 Å². The number of hydrogen-bond acceptors (Lipinski definition) is 5. The zero-order chi connectivity index (χ0) is 24.9. The summed E-state index contributed by atoms with van der Waals surface area (Å²) < 4.78 is 0. The van der Waals surface area contributed by atoms with Gasteiger partial charge in [-0.05, 0) is 54.9 Å². The smallest absolute Gasteiger partial charge is 0.254 e. The van der Waals surface area contributed by atoms with Crippen LogP contribution in [0.5, 0.6) is 0 Å². The maximum atomic E-state index is 12.6. The lowest BCUT2D eigenvalue weighted by Gasteiger charge is -2.35. The maximum absolute atomic E-state index is 12.6. The number of amides is 1. The average molecular weight is 522 g/mol. The minimum atomic E-state index is -0.316. The molecule has 1 aromatic carbocycles. The van der Waals surface area contributed by atoms with Gasteiger partial charge in [0.05, 0.1) is 27.3 Å². The lowest BCUT2D eigenvalue weighted by Crippen LogP contribution is -2.35. The van der Waals surface area contributed by atoms with E-state index in [9.17, 15) is 4.79 Å². The minimum absolute atomic E-state index is 0.237. The third-order valence-corrected chi connectivity index (χ3v) is 7.47. The van der Waals surface area contributed by atoms with Crippen LogP contribution in [-0.4, -0.2) is 39.6 Å². The molecule has 6 nitrogen and oxygen atoms in total. The molecule has 0 bridgehead atoms. The number of hydrogen-bond donors (Lipinski definition) is 1. The Balaban J connectivity index is 1.28. The molecule has 1 amide bonds. The van der Waals surface area contributed by atoms with Crippen LogP contribution in [-0.2, 0) is 19.5 Å². The molecule has 1 aliphatic carbocycles. The summed E-state index contributed by atoms with van der Waals surface area (Å²) >= 11 is 12.2. The number of carbonyl (C=O) groups excluding carboxylic acids is 1. The first-order valence-electron chi connectivity index (χ1n) is 12.4. The van der Waals surface area contributed by atoms with E-state index in [1.165, 1.54) is 41.3 Å². The highest BCUT2D eigenvalue weighted by Gasteiger charge is 2.28. The van der Waals surface area contributed by atoms with Crippen LogP contribution in [0.3, 0.4) is 0 Å². The van der Waals surface area contributed by atoms with Gasteiger partial charge in [-0.25, -0.2) is 0 Å². The maximum Gasteiger partial charge on any atom is 0.254 e. The molecule has 1 unspecified atom stereocenters. The van der Waals surface area contributed by atoms with E-state index < -0.39 is 0 Å². The Bertz CT molecular complexity index is 1240. The van der Waals surface area contributed by atoms with Gasteiger partial charge in [0.25, 0.3) is 5.91 Å². The number of benzene rings is 1. The molecule has 0 radical (unpaired) electrons. The molecule has 1 aliphatic heterocycles. The number of aliphatic imine (C=N–C) groups is 1. The molecular formula is C28H29Cl2N5O. The van der Waals surface area contributed by atoms with Crippen LogP contribution in [0.1, 0.15) is 64.5 Å².